The van der Waals surface area contributed by atoms with E-state index in [-0.39, 0.29) is 5.76 Å². The fraction of sp³-hybridized carbons (Fsp3) is 0.375. The van der Waals surface area contributed by atoms with E-state index in [1.54, 1.807) is 0 Å². The Balaban J connectivity index is 2.18. The molecule has 2 aromatic rings. The molecule has 0 aliphatic rings. The number of aromatic nitrogens is 1. The summed E-state index contributed by atoms with van der Waals surface area (Å²) in [4.78, 5) is 15.3. The molecule has 0 saturated carbocycles. The second-order valence-electron chi connectivity index (χ2n) is 4.79. The zero-order valence-electron chi connectivity index (χ0n) is 12.3. The highest BCUT2D eigenvalue weighted by Gasteiger charge is 2.13. The van der Waals surface area contributed by atoms with Crippen LogP contribution in [0.25, 0.3) is 17.2 Å². The van der Waals surface area contributed by atoms with Gasteiger partial charge in [-0.15, -0.1) is 0 Å². The van der Waals surface area contributed by atoms with Crippen LogP contribution in [0.2, 0.25) is 0 Å². The molecule has 2 aromatic heterocycles. The maximum absolute atomic E-state index is 11.0. The number of carbonyl (C=O) groups is 1. The summed E-state index contributed by atoms with van der Waals surface area (Å²) in [7, 11) is 0. The highest BCUT2D eigenvalue weighted by atomic mass is 16.5. The van der Waals surface area contributed by atoms with Crippen LogP contribution in [0.4, 0.5) is 0 Å². The van der Waals surface area contributed by atoms with Gasteiger partial charge in [0.05, 0.1) is 6.61 Å². The van der Waals surface area contributed by atoms with Crippen molar-refractivity contribution in [2.75, 3.05) is 13.2 Å². The summed E-state index contributed by atoms with van der Waals surface area (Å²) in [6, 6.07) is 3.33. The summed E-state index contributed by atoms with van der Waals surface area (Å²) in [6.45, 7) is 5.39. The molecule has 0 amide bonds. The lowest BCUT2D eigenvalue weighted by molar-refractivity contribution is 0.0665. The van der Waals surface area contributed by atoms with Crippen molar-refractivity contribution in [2.45, 2.75) is 26.7 Å². The Labute approximate surface area is 123 Å². The third kappa shape index (κ3) is 3.92. The molecule has 0 aromatic carbocycles. The van der Waals surface area contributed by atoms with Crippen LogP contribution in [0.1, 0.15) is 41.6 Å². The van der Waals surface area contributed by atoms with Crippen LogP contribution < -0.4 is 0 Å². The molecule has 0 atom stereocenters. The van der Waals surface area contributed by atoms with Crippen LogP contribution in [0.3, 0.4) is 0 Å². The van der Waals surface area contributed by atoms with Crippen LogP contribution in [-0.4, -0.2) is 29.3 Å². The minimum Gasteiger partial charge on any atom is -0.475 e. The van der Waals surface area contributed by atoms with Gasteiger partial charge in [0.25, 0.3) is 0 Å². The van der Waals surface area contributed by atoms with E-state index in [2.05, 4.69) is 11.9 Å². The number of hydrogen-bond acceptors (Lipinski definition) is 4. The van der Waals surface area contributed by atoms with Gasteiger partial charge in [-0.3, -0.25) is 0 Å². The third-order valence-corrected chi connectivity index (χ3v) is 2.92. The van der Waals surface area contributed by atoms with Crippen molar-refractivity contribution < 1.29 is 19.1 Å². The number of aromatic carboxylic acids is 1. The molecule has 0 fully saturated rings. The summed E-state index contributed by atoms with van der Waals surface area (Å²) >= 11 is 0. The molecule has 5 nitrogen and oxygen atoms in total. The fourth-order valence-electron chi connectivity index (χ4n) is 2.02. The van der Waals surface area contributed by atoms with Crippen LogP contribution in [0, 0.1) is 6.92 Å². The van der Waals surface area contributed by atoms with Crippen LogP contribution in [0.15, 0.2) is 22.6 Å². The van der Waals surface area contributed by atoms with E-state index in [1.165, 1.54) is 6.07 Å². The highest BCUT2D eigenvalue weighted by molar-refractivity contribution is 5.92. The van der Waals surface area contributed by atoms with Gasteiger partial charge in [-0.1, -0.05) is 19.1 Å². The van der Waals surface area contributed by atoms with Crippen molar-refractivity contribution in [3.05, 3.63) is 35.2 Å². The van der Waals surface area contributed by atoms with Crippen molar-refractivity contribution in [1.29, 1.82) is 0 Å². The number of fused-ring (bicyclic) bond motifs is 1. The lowest BCUT2D eigenvalue weighted by Crippen LogP contribution is -1.93. The first-order valence-corrected chi connectivity index (χ1v) is 7.00. The molecule has 5 heteroatoms. The van der Waals surface area contributed by atoms with Gasteiger partial charge in [-0.25, -0.2) is 9.78 Å². The highest BCUT2D eigenvalue weighted by Crippen LogP contribution is 2.23. The molecule has 2 rings (SSSR count). The number of nitrogens with zero attached hydrogens (tertiary/aromatic N) is 1. The van der Waals surface area contributed by atoms with Crippen molar-refractivity contribution in [3.63, 3.8) is 0 Å². The number of ether oxygens (including phenoxy) is 1. The van der Waals surface area contributed by atoms with Crippen molar-refractivity contribution in [3.8, 4) is 0 Å². The maximum atomic E-state index is 11.0. The minimum atomic E-state index is -1.09. The molecule has 0 aliphatic carbocycles. The fourth-order valence-corrected chi connectivity index (χ4v) is 2.02. The summed E-state index contributed by atoms with van der Waals surface area (Å²) in [5.41, 5.74) is 2.72. The number of aryl methyl sites for hydroxylation is 1. The largest absolute Gasteiger partial charge is 0.475 e. The van der Waals surface area contributed by atoms with Gasteiger partial charge in [0.2, 0.25) is 5.76 Å². The van der Waals surface area contributed by atoms with E-state index in [1.807, 2.05) is 25.1 Å². The molecule has 2 heterocycles. The Bertz CT molecular complexity index is 658. The van der Waals surface area contributed by atoms with E-state index >= 15 is 0 Å². The van der Waals surface area contributed by atoms with Gasteiger partial charge in [0.1, 0.15) is 5.52 Å². The summed E-state index contributed by atoms with van der Waals surface area (Å²) in [6.07, 6.45) is 5.72. The number of pyridine rings is 1. The molecule has 0 bridgehead atoms. The first kappa shape index (κ1) is 15.3. The first-order chi connectivity index (χ1) is 10.1. The van der Waals surface area contributed by atoms with Gasteiger partial charge >= 0.3 is 5.97 Å². The van der Waals surface area contributed by atoms with Crippen molar-refractivity contribution in [1.82, 2.24) is 4.98 Å². The molecular weight excluding hydrogens is 270 g/mol. The zero-order chi connectivity index (χ0) is 15.2. The molecule has 21 heavy (non-hydrogen) atoms. The van der Waals surface area contributed by atoms with Crippen LogP contribution in [-0.2, 0) is 4.74 Å². The number of furan rings is 1. The molecule has 0 aliphatic heterocycles. The normalized spacial score (nSPS) is 11.5. The third-order valence-electron chi connectivity index (χ3n) is 2.92. The molecule has 0 spiro atoms. The summed E-state index contributed by atoms with van der Waals surface area (Å²) in [5, 5.41) is 8.99. The SMILES string of the molecule is CCCOCC/C=C\c1cc(C)nc2cc(C(=O)O)oc12. The molecule has 1 N–H and O–H groups in total. The Hall–Kier alpha value is -2.14. The second kappa shape index (κ2) is 7.04. The van der Waals surface area contributed by atoms with Gasteiger partial charge < -0.3 is 14.3 Å². The Morgan fingerprint density at radius 1 is 1.43 bits per heavy atom. The molecular formula is C16H19NO4. The average Bonchev–Trinajstić information content (AvgIpc) is 2.86. The number of carboxylic acids is 1. The lowest BCUT2D eigenvalue weighted by Gasteiger charge is -2.00. The second-order valence-corrected chi connectivity index (χ2v) is 4.79. The minimum absolute atomic E-state index is 0.0935. The smallest absolute Gasteiger partial charge is 0.371 e. The lowest BCUT2D eigenvalue weighted by atomic mass is 10.1. The van der Waals surface area contributed by atoms with E-state index in [4.69, 9.17) is 14.3 Å². The van der Waals surface area contributed by atoms with Crippen LogP contribution >= 0.6 is 0 Å². The van der Waals surface area contributed by atoms with E-state index in [9.17, 15) is 4.79 Å². The number of rotatable bonds is 7. The quantitative estimate of drug-likeness (QED) is 0.787. The monoisotopic (exact) mass is 289 g/mol. The van der Waals surface area contributed by atoms with Crippen molar-refractivity contribution >= 4 is 23.1 Å². The van der Waals surface area contributed by atoms with Gasteiger partial charge in [0, 0.05) is 23.9 Å². The Kier molecular flexibility index (Phi) is 5.11. The predicted octanol–water partition coefficient (Wildman–Crippen LogP) is 3.66. The molecule has 0 unspecified atom stereocenters. The van der Waals surface area contributed by atoms with E-state index in [0.29, 0.717) is 17.7 Å². The average molecular weight is 289 g/mol. The maximum Gasteiger partial charge on any atom is 0.371 e. The van der Waals surface area contributed by atoms with E-state index < -0.39 is 5.97 Å². The number of hydrogen-bond donors (Lipinski definition) is 1. The zero-order valence-corrected chi connectivity index (χ0v) is 12.3. The van der Waals surface area contributed by atoms with E-state index in [0.717, 1.165) is 30.7 Å². The van der Waals surface area contributed by atoms with Crippen molar-refractivity contribution in [2.24, 2.45) is 0 Å². The van der Waals surface area contributed by atoms with Crippen LogP contribution in [0.5, 0.6) is 0 Å². The predicted molar refractivity (Wildman–Crippen MR) is 80.5 cm³/mol. The number of carboxylic acid groups (broad SMARTS) is 1. The first-order valence-electron chi connectivity index (χ1n) is 7.00. The van der Waals surface area contributed by atoms with Gasteiger partial charge in [-0.05, 0) is 25.8 Å². The Morgan fingerprint density at radius 2 is 2.24 bits per heavy atom. The van der Waals surface area contributed by atoms with Gasteiger partial charge in [0.15, 0.2) is 5.58 Å². The van der Waals surface area contributed by atoms with Gasteiger partial charge in [-0.2, -0.15) is 0 Å². The molecule has 112 valence electrons. The molecule has 0 saturated heterocycles. The Morgan fingerprint density at radius 3 is 2.95 bits per heavy atom. The summed E-state index contributed by atoms with van der Waals surface area (Å²) in [5.74, 6) is -1.18. The summed E-state index contributed by atoms with van der Waals surface area (Å²) < 4.78 is 10.8. The molecule has 0 radical (unpaired) electrons. The topological polar surface area (TPSA) is 72.6 Å². The standard InChI is InChI=1S/C16H19NO4/c1-3-7-20-8-5-4-6-12-9-11(2)17-13-10-14(16(18)19)21-15(12)13/h4,6,9-10H,3,5,7-8H2,1-2H3,(H,18,19)/b6-4-.